The van der Waals surface area contributed by atoms with Crippen LogP contribution < -0.4 is 11.1 Å². The van der Waals surface area contributed by atoms with E-state index in [2.05, 4.69) is 10.3 Å². The fourth-order valence-corrected chi connectivity index (χ4v) is 2.10. The molecule has 1 amide bonds. The predicted octanol–water partition coefficient (Wildman–Crippen LogP) is 1.79. The minimum atomic E-state index is -0.724. The Labute approximate surface area is 104 Å². The van der Waals surface area contributed by atoms with Crippen LogP contribution >= 0.6 is 22.9 Å². The van der Waals surface area contributed by atoms with Crippen LogP contribution in [0.3, 0.4) is 0 Å². The van der Waals surface area contributed by atoms with Crippen molar-refractivity contribution in [3.05, 3.63) is 15.5 Å². The average molecular weight is 262 g/mol. The number of carbonyl (C=O) groups is 1. The molecule has 0 aliphatic carbocycles. The zero-order valence-electron chi connectivity index (χ0n) is 9.58. The van der Waals surface area contributed by atoms with Crippen LogP contribution in [0, 0.1) is 5.92 Å². The molecule has 1 rings (SSSR count). The van der Waals surface area contributed by atoms with Gasteiger partial charge in [-0.25, -0.2) is 4.98 Å². The number of nitrogens with two attached hydrogens (primary N) is 1. The van der Waals surface area contributed by atoms with Crippen molar-refractivity contribution in [1.29, 1.82) is 0 Å². The molecular weight excluding hydrogens is 246 g/mol. The Kier molecular flexibility index (Phi) is 4.29. The third-order valence-corrected chi connectivity index (χ3v) is 3.91. The van der Waals surface area contributed by atoms with Crippen molar-refractivity contribution in [3.63, 3.8) is 0 Å². The van der Waals surface area contributed by atoms with Gasteiger partial charge in [-0.2, -0.15) is 0 Å². The van der Waals surface area contributed by atoms with Crippen molar-refractivity contribution < 1.29 is 4.79 Å². The number of halogens is 1. The number of carbonyl (C=O) groups excluding carboxylic acids is 1. The van der Waals surface area contributed by atoms with E-state index in [0.29, 0.717) is 10.9 Å². The van der Waals surface area contributed by atoms with Crippen molar-refractivity contribution in [2.75, 3.05) is 0 Å². The average Bonchev–Trinajstić information content (AvgIpc) is 2.60. The van der Waals surface area contributed by atoms with Crippen LogP contribution in [-0.2, 0) is 11.3 Å². The number of hydrogen-bond donors (Lipinski definition) is 2. The van der Waals surface area contributed by atoms with Gasteiger partial charge in [0.25, 0.3) is 0 Å². The molecule has 16 heavy (non-hydrogen) atoms. The summed E-state index contributed by atoms with van der Waals surface area (Å²) in [6.45, 7) is 6.20. The van der Waals surface area contributed by atoms with Crippen molar-refractivity contribution >= 4 is 28.8 Å². The first kappa shape index (κ1) is 13.4. The molecule has 1 heterocycles. The molecule has 1 atom stereocenters. The van der Waals surface area contributed by atoms with E-state index in [4.69, 9.17) is 17.3 Å². The van der Waals surface area contributed by atoms with Crippen LogP contribution in [0.1, 0.15) is 25.8 Å². The van der Waals surface area contributed by atoms with E-state index < -0.39 is 5.54 Å². The van der Waals surface area contributed by atoms with Crippen LogP contribution in [0.25, 0.3) is 0 Å². The number of amides is 1. The first-order chi connectivity index (χ1) is 7.36. The minimum absolute atomic E-state index is 0.112. The van der Waals surface area contributed by atoms with Gasteiger partial charge in [0.1, 0.15) is 9.34 Å². The van der Waals surface area contributed by atoms with Crippen molar-refractivity contribution in [2.24, 2.45) is 11.7 Å². The van der Waals surface area contributed by atoms with Crippen LogP contribution in [0.2, 0.25) is 4.34 Å². The zero-order valence-corrected chi connectivity index (χ0v) is 11.2. The Morgan fingerprint density at radius 1 is 1.75 bits per heavy atom. The Morgan fingerprint density at radius 2 is 2.38 bits per heavy atom. The monoisotopic (exact) mass is 261 g/mol. The predicted molar refractivity (Wildman–Crippen MR) is 66.4 cm³/mol. The summed E-state index contributed by atoms with van der Waals surface area (Å²) in [5.74, 6) is -0.245. The van der Waals surface area contributed by atoms with Gasteiger partial charge in [0.2, 0.25) is 5.91 Å². The van der Waals surface area contributed by atoms with Crippen molar-refractivity contribution in [1.82, 2.24) is 10.3 Å². The number of primary amides is 1. The number of thiazole rings is 1. The molecule has 90 valence electrons. The smallest absolute Gasteiger partial charge is 0.237 e. The van der Waals surface area contributed by atoms with Crippen LogP contribution in [0.5, 0.6) is 0 Å². The van der Waals surface area contributed by atoms with Crippen LogP contribution in [-0.4, -0.2) is 16.4 Å². The van der Waals surface area contributed by atoms with Gasteiger partial charge in [-0.05, 0) is 12.8 Å². The molecule has 6 heteroatoms. The highest BCUT2D eigenvalue weighted by Crippen LogP contribution is 2.21. The third kappa shape index (κ3) is 2.93. The van der Waals surface area contributed by atoms with E-state index in [-0.39, 0.29) is 11.8 Å². The molecule has 0 aliphatic rings. The van der Waals surface area contributed by atoms with E-state index in [1.165, 1.54) is 11.3 Å². The maximum atomic E-state index is 11.4. The second-order valence-corrected chi connectivity index (χ2v) is 5.88. The lowest BCUT2D eigenvalue weighted by Crippen LogP contribution is -2.56. The summed E-state index contributed by atoms with van der Waals surface area (Å²) in [5, 5.41) is 3.98. The number of nitrogens with zero attached hydrogens (tertiary/aromatic N) is 1. The first-order valence-electron chi connectivity index (χ1n) is 5.01. The Hall–Kier alpha value is -0.650. The van der Waals surface area contributed by atoms with Crippen LogP contribution in [0.4, 0.5) is 0 Å². The molecule has 0 saturated heterocycles. The Bertz CT molecular complexity index is 380. The van der Waals surface area contributed by atoms with Crippen molar-refractivity contribution in [2.45, 2.75) is 32.9 Å². The highest BCUT2D eigenvalue weighted by molar-refractivity contribution is 7.15. The Balaban J connectivity index is 2.68. The molecule has 4 nitrogen and oxygen atoms in total. The van der Waals surface area contributed by atoms with Gasteiger partial charge in [-0.1, -0.05) is 25.4 Å². The normalized spacial score (nSPS) is 15.1. The van der Waals surface area contributed by atoms with Crippen LogP contribution in [0.15, 0.2) is 6.20 Å². The summed E-state index contributed by atoms with van der Waals surface area (Å²) in [6.07, 6.45) is 1.60. The lowest BCUT2D eigenvalue weighted by atomic mass is 9.88. The highest BCUT2D eigenvalue weighted by Gasteiger charge is 2.34. The second-order valence-electron chi connectivity index (χ2n) is 4.13. The minimum Gasteiger partial charge on any atom is -0.368 e. The summed E-state index contributed by atoms with van der Waals surface area (Å²) in [7, 11) is 0. The van der Waals surface area contributed by atoms with Gasteiger partial charge in [0, 0.05) is 6.54 Å². The summed E-state index contributed by atoms with van der Waals surface area (Å²) in [6, 6.07) is 0. The van der Waals surface area contributed by atoms with E-state index >= 15 is 0 Å². The van der Waals surface area contributed by atoms with Gasteiger partial charge < -0.3 is 5.73 Å². The fourth-order valence-electron chi connectivity index (χ4n) is 1.20. The summed E-state index contributed by atoms with van der Waals surface area (Å²) < 4.78 is 0.641. The molecule has 0 aromatic carbocycles. The molecule has 1 aromatic heterocycles. The maximum Gasteiger partial charge on any atom is 0.237 e. The number of rotatable bonds is 5. The lowest BCUT2D eigenvalue weighted by Gasteiger charge is -2.31. The number of hydrogen-bond acceptors (Lipinski definition) is 4. The van der Waals surface area contributed by atoms with Gasteiger partial charge in [-0.3, -0.25) is 10.1 Å². The standard InChI is InChI=1S/C10H16ClN3OS/c1-6(2)10(3,9(12)15)14-5-8-13-4-7(11)16-8/h4,6,14H,5H2,1-3H3,(H2,12,15)/t10-/m0/s1. The quantitative estimate of drug-likeness (QED) is 0.849. The molecule has 0 spiro atoms. The molecule has 0 fully saturated rings. The van der Waals surface area contributed by atoms with Gasteiger partial charge in [0.05, 0.1) is 11.7 Å². The second kappa shape index (κ2) is 5.12. The molecule has 0 aliphatic heterocycles. The number of nitrogens with one attached hydrogen (secondary N) is 1. The topological polar surface area (TPSA) is 68.0 Å². The zero-order chi connectivity index (χ0) is 12.3. The largest absolute Gasteiger partial charge is 0.368 e. The maximum absolute atomic E-state index is 11.4. The van der Waals surface area contributed by atoms with Gasteiger partial charge in [-0.15, -0.1) is 11.3 Å². The van der Waals surface area contributed by atoms with Crippen molar-refractivity contribution in [3.8, 4) is 0 Å². The highest BCUT2D eigenvalue weighted by atomic mass is 35.5. The van der Waals surface area contributed by atoms with E-state index in [1.54, 1.807) is 13.1 Å². The van der Waals surface area contributed by atoms with E-state index in [9.17, 15) is 4.79 Å². The molecule has 0 bridgehead atoms. The lowest BCUT2D eigenvalue weighted by molar-refractivity contribution is -0.125. The molecule has 3 N–H and O–H groups in total. The first-order valence-corrected chi connectivity index (χ1v) is 6.21. The Morgan fingerprint density at radius 3 is 2.75 bits per heavy atom. The fraction of sp³-hybridized carbons (Fsp3) is 0.600. The number of aromatic nitrogens is 1. The van der Waals surface area contributed by atoms with Gasteiger partial charge >= 0.3 is 0 Å². The summed E-state index contributed by atoms with van der Waals surface area (Å²) >= 11 is 7.16. The SMILES string of the molecule is CC(C)[C@](C)(NCc1ncc(Cl)s1)C(N)=O. The molecular formula is C10H16ClN3OS. The molecule has 1 aromatic rings. The summed E-state index contributed by atoms with van der Waals surface area (Å²) in [4.78, 5) is 15.5. The molecule has 0 unspecified atom stereocenters. The molecule has 0 radical (unpaired) electrons. The third-order valence-electron chi connectivity index (χ3n) is 2.80. The van der Waals surface area contributed by atoms with E-state index in [1.807, 2.05) is 13.8 Å². The molecule has 0 saturated carbocycles. The van der Waals surface area contributed by atoms with E-state index in [0.717, 1.165) is 5.01 Å². The summed E-state index contributed by atoms with van der Waals surface area (Å²) in [5.41, 5.74) is 4.67. The van der Waals surface area contributed by atoms with Gasteiger partial charge in [0.15, 0.2) is 0 Å².